The zero-order valence-corrected chi connectivity index (χ0v) is 13.1. The van der Waals surface area contributed by atoms with Crippen LogP contribution < -0.4 is 0 Å². The Hall–Kier alpha value is -0.730. The molecule has 118 valence electrons. The average molecular weight is 338 g/mol. The number of morpholine rings is 1. The molecule has 5 nitrogen and oxygen atoms in total. The van der Waals surface area contributed by atoms with Crippen molar-refractivity contribution < 1.29 is 22.7 Å². The Morgan fingerprint density at radius 3 is 2.86 bits per heavy atom. The molecule has 2 rings (SSSR count). The van der Waals surface area contributed by atoms with E-state index in [9.17, 15) is 12.8 Å². The molecule has 1 heterocycles. The van der Waals surface area contributed by atoms with Crippen LogP contribution in [0.5, 0.6) is 0 Å². The third kappa shape index (κ3) is 3.22. The summed E-state index contributed by atoms with van der Waals surface area (Å²) in [6.45, 7) is 2.18. The van der Waals surface area contributed by atoms with Crippen molar-refractivity contribution in [2.45, 2.75) is 30.9 Å². The summed E-state index contributed by atoms with van der Waals surface area (Å²) in [6.07, 6.45) is 0.599. The van der Waals surface area contributed by atoms with Crippen molar-refractivity contribution in [3.8, 4) is 0 Å². The van der Waals surface area contributed by atoms with Gasteiger partial charge in [0, 0.05) is 18.2 Å². The van der Waals surface area contributed by atoms with Crippen molar-refractivity contribution in [3.63, 3.8) is 0 Å². The number of hydrogen-bond donors (Lipinski definition) is 1. The number of sulfonamides is 1. The van der Waals surface area contributed by atoms with Crippen molar-refractivity contribution >= 4 is 21.6 Å². The molecule has 0 spiro atoms. The Morgan fingerprint density at radius 1 is 1.52 bits per heavy atom. The first-order chi connectivity index (χ1) is 9.91. The molecule has 1 aromatic carbocycles. The monoisotopic (exact) mass is 337 g/mol. The maximum atomic E-state index is 13.8. The zero-order chi connectivity index (χ0) is 15.6. The van der Waals surface area contributed by atoms with Gasteiger partial charge in [-0.15, -0.1) is 0 Å². The Bertz CT molecular complexity index is 623. The van der Waals surface area contributed by atoms with Crippen LogP contribution in [-0.2, 0) is 21.4 Å². The van der Waals surface area contributed by atoms with Gasteiger partial charge in [-0.05, 0) is 18.6 Å². The summed E-state index contributed by atoms with van der Waals surface area (Å²) in [7, 11) is -3.85. The van der Waals surface area contributed by atoms with E-state index in [0.717, 1.165) is 6.07 Å². The molecule has 1 aliphatic rings. The number of rotatable bonds is 4. The van der Waals surface area contributed by atoms with Crippen LogP contribution in [0.2, 0.25) is 5.02 Å². The van der Waals surface area contributed by atoms with Gasteiger partial charge in [0.05, 0.1) is 29.7 Å². The Balaban J connectivity index is 2.46. The lowest BCUT2D eigenvalue weighted by molar-refractivity contribution is 0.0314. The summed E-state index contributed by atoms with van der Waals surface area (Å²) in [5, 5.41) is 8.90. The molecule has 0 aliphatic carbocycles. The lowest BCUT2D eigenvalue weighted by atomic mass is 10.2. The summed E-state index contributed by atoms with van der Waals surface area (Å²) >= 11 is 5.69. The molecule has 1 saturated heterocycles. The normalized spacial score (nSPS) is 20.7. The molecule has 0 saturated carbocycles. The van der Waals surface area contributed by atoms with Gasteiger partial charge in [-0.1, -0.05) is 18.5 Å². The fourth-order valence-corrected chi connectivity index (χ4v) is 4.20. The summed E-state index contributed by atoms with van der Waals surface area (Å²) in [5.41, 5.74) is 0.0524. The predicted octanol–water partition coefficient (Wildman–Crippen LogP) is 1.77. The summed E-state index contributed by atoms with van der Waals surface area (Å²) in [4.78, 5) is -0.200. The second kappa shape index (κ2) is 6.58. The Morgan fingerprint density at radius 2 is 2.24 bits per heavy atom. The average Bonchev–Trinajstić information content (AvgIpc) is 2.49. The van der Waals surface area contributed by atoms with E-state index in [1.54, 1.807) is 0 Å². The molecule has 0 amide bonds. The van der Waals surface area contributed by atoms with E-state index < -0.39 is 22.4 Å². The summed E-state index contributed by atoms with van der Waals surface area (Å²) in [5.74, 6) is -0.858. The topological polar surface area (TPSA) is 66.8 Å². The van der Waals surface area contributed by atoms with Crippen LogP contribution >= 0.6 is 11.6 Å². The highest BCUT2D eigenvalue weighted by Gasteiger charge is 2.33. The molecule has 1 unspecified atom stereocenters. The third-order valence-corrected chi connectivity index (χ3v) is 5.85. The van der Waals surface area contributed by atoms with E-state index in [0.29, 0.717) is 19.6 Å². The van der Waals surface area contributed by atoms with Crippen LogP contribution in [0.25, 0.3) is 0 Å². The van der Waals surface area contributed by atoms with Gasteiger partial charge in [0.15, 0.2) is 0 Å². The third-order valence-electron chi connectivity index (χ3n) is 3.50. The van der Waals surface area contributed by atoms with E-state index >= 15 is 0 Å². The maximum Gasteiger partial charge on any atom is 0.243 e. The SMILES string of the molecule is CCC1COCCN1S(=O)(=O)c1cc(F)c(Cl)c(CO)c1. The minimum Gasteiger partial charge on any atom is -0.392 e. The van der Waals surface area contributed by atoms with Crippen LogP contribution in [0.15, 0.2) is 17.0 Å². The van der Waals surface area contributed by atoms with Crippen molar-refractivity contribution in [1.82, 2.24) is 4.31 Å². The molecule has 1 fully saturated rings. The van der Waals surface area contributed by atoms with Gasteiger partial charge in [0.1, 0.15) is 5.82 Å². The molecule has 0 bridgehead atoms. The number of hydrogen-bond acceptors (Lipinski definition) is 4. The van der Waals surface area contributed by atoms with Crippen molar-refractivity contribution in [2.75, 3.05) is 19.8 Å². The van der Waals surface area contributed by atoms with E-state index in [2.05, 4.69) is 0 Å². The minimum absolute atomic E-state index is 0.0524. The van der Waals surface area contributed by atoms with Crippen molar-refractivity contribution in [1.29, 1.82) is 0 Å². The van der Waals surface area contributed by atoms with E-state index in [4.69, 9.17) is 21.4 Å². The fraction of sp³-hybridized carbons (Fsp3) is 0.538. The molecular weight excluding hydrogens is 321 g/mol. The van der Waals surface area contributed by atoms with E-state index in [-0.39, 0.29) is 28.1 Å². The highest BCUT2D eigenvalue weighted by atomic mass is 35.5. The number of nitrogens with zero attached hydrogens (tertiary/aromatic N) is 1. The maximum absolute atomic E-state index is 13.8. The number of aliphatic hydroxyl groups is 1. The van der Waals surface area contributed by atoms with Gasteiger partial charge in [-0.3, -0.25) is 0 Å². The molecule has 21 heavy (non-hydrogen) atoms. The molecule has 0 aromatic heterocycles. The minimum atomic E-state index is -3.85. The van der Waals surface area contributed by atoms with Gasteiger partial charge >= 0.3 is 0 Å². The van der Waals surface area contributed by atoms with Crippen LogP contribution in [0.3, 0.4) is 0 Å². The second-order valence-electron chi connectivity index (χ2n) is 4.79. The lowest BCUT2D eigenvalue weighted by Crippen LogP contribution is -2.48. The van der Waals surface area contributed by atoms with E-state index in [1.165, 1.54) is 10.4 Å². The van der Waals surface area contributed by atoms with E-state index in [1.807, 2.05) is 6.92 Å². The number of benzene rings is 1. The number of ether oxygens (including phenoxy) is 1. The first-order valence-electron chi connectivity index (χ1n) is 6.60. The zero-order valence-electron chi connectivity index (χ0n) is 11.6. The van der Waals surface area contributed by atoms with Crippen molar-refractivity contribution in [3.05, 3.63) is 28.5 Å². The standard InChI is InChI=1S/C13H17ClFNO4S/c1-2-10-8-20-4-3-16(10)21(18,19)11-5-9(7-17)13(14)12(15)6-11/h5-6,10,17H,2-4,7-8H2,1H3. The van der Waals surface area contributed by atoms with Crippen LogP contribution in [-0.4, -0.2) is 43.6 Å². The molecule has 1 aromatic rings. The van der Waals surface area contributed by atoms with Crippen LogP contribution in [0, 0.1) is 5.82 Å². The smallest absolute Gasteiger partial charge is 0.243 e. The van der Waals surface area contributed by atoms with Gasteiger partial charge in [-0.2, -0.15) is 4.31 Å². The molecule has 1 N–H and O–H groups in total. The molecule has 1 atom stereocenters. The largest absolute Gasteiger partial charge is 0.392 e. The highest BCUT2D eigenvalue weighted by molar-refractivity contribution is 7.89. The first kappa shape index (κ1) is 16.6. The summed E-state index contributed by atoms with van der Waals surface area (Å²) < 4.78 is 45.7. The van der Waals surface area contributed by atoms with Crippen LogP contribution in [0.4, 0.5) is 4.39 Å². The molecule has 1 aliphatic heterocycles. The van der Waals surface area contributed by atoms with Crippen molar-refractivity contribution in [2.24, 2.45) is 0 Å². The molecule has 8 heteroatoms. The lowest BCUT2D eigenvalue weighted by Gasteiger charge is -2.34. The predicted molar refractivity (Wildman–Crippen MR) is 76.1 cm³/mol. The van der Waals surface area contributed by atoms with Gasteiger partial charge in [-0.25, -0.2) is 12.8 Å². The van der Waals surface area contributed by atoms with Gasteiger partial charge < -0.3 is 9.84 Å². The highest BCUT2D eigenvalue weighted by Crippen LogP contribution is 2.28. The van der Waals surface area contributed by atoms with Gasteiger partial charge in [0.2, 0.25) is 10.0 Å². The second-order valence-corrected chi connectivity index (χ2v) is 7.06. The molecule has 0 radical (unpaired) electrons. The molecular formula is C13H17ClFNO4S. The number of halogens is 2. The van der Waals surface area contributed by atoms with Crippen LogP contribution in [0.1, 0.15) is 18.9 Å². The first-order valence-corrected chi connectivity index (χ1v) is 8.42. The Labute approximate surface area is 128 Å². The Kier molecular flexibility index (Phi) is 5.21. The quantitative estimate of drug-likeness (QED) is 0.909. The fourth-order valence-electron chi connectivity index (χ4n) is 2.30. The summed E-state index contributed by atoms with van der Waals surface area (Å²) in [6, 6.07) is 1.82. The van der Waals surface area contributed by atoms with Gasteiger partial charge in [0.25, 0.3) is 0 Å². The number of aliphatic hydroxyl groups excluding tert-OH is 1.